The fourth-order valence-corrected chi connectivity index (χ4v) is 2.61. The van der Waals surface area contributed by atoms with Gasteiger partial charge in [-0.15, -0.1) is 0 Å². The molecular formula is C20H23N5O. The third-order valence-electron chi connectivity index (χ3n) is 4.19. The molecule has 3 rings (SSSR count). The van der Waals surface area contributed by atoms with Crippen LogP contribution in [0.15, 0.2) is 61.1 Å². The Morgan fingerprint density at radius 2 is 2.04 bits per heavy atom. The van der Waals surface area contributed by atoms with E-state index in [0.29, 0.717) is 17.9 Å². The van der Waals surface area contributed by atoms with Gasteiger partial charge in [0.1, 0.15) is 0 Å². The molecule has 0 fully saturated rings. The SMILES string of the molecule is CCN(C)Cc1cccc(CNC(=O)c2ccc(-n3cccn3)nc2)c1. The van der Waals surface area contributed by atoms with Crippen molar-refractivity contribution in [2.45, 2.75) is 20.0 Å². The van der Waals surface area contributed by atoms with E-state index in [1.165, 1.54) is 5.56 Å². The van der Waals surface area contributed by atoms with Crippen molar-refractivity contribution < 1.29 is 4.79 Å². The summed E-state index contributed by atoms with van der Waals surface area (Å²) in [6, 6.07) is 13.7. The normalized spacial score (nSPS) is 10.9. The van der Waals surface area contributed by atoms with Crippen molar-refractivity contribution in [3.8, 4) is 5.82 Å². The van der Waals surface area contributed by atoms with E-state index >= 15 is 0 Å². The minimum absolute atomic E-state index is 0.138. The molecule has 0 atom stereocenters. The predicted molar refractivity (Wildman–Crippen MR) is 101 cm³/mol. The number of aromatic nitrogens is 3. The molecule has 2 heterocycles. The summed E-state index contributed by atoms with van der Waals surface area (Å²) >= 11 is 0. The molecule has 0 unspecified atom stereocenters. The van der Waals surface area contributed by atoms with Crippen LogP contribution in [0.2, 0.25) is 0 Å². The van der Waals surface area contributed by atoms with E-state index in [-0.39, 0.29) is 5.91 Å². The lowest BCUT2D eigenvalue weighted by molar-refractivity contribution is 0.0950. The number of pyridine rings is 1. The number of rotatable bonds is 7. The summed E-state index contributed by atoms with van der Waals surface area (Å²) in [7, 11) is 2.09. The topological polar surface area (TPSA) is 63.1 Å². The van der Waals surface area contributed by atoms with Crippen LogP contribution >= 0.6 is 0 Å². The van der Waals surface area contributed by atoms with Gasteiger partial charge < -0.3 is 10.2 Å². The fraction of sp³-hybridized carbons (Fsp3) is 0.250. The first kappa shape index (κ1) is 17.8. The summed E-state index contributed by atoms with van der Waals surface area (Å²) in [6.07, 6.45) is 5.07. The highest BCUT2D eigenvalue weighted by Crippen LogP contribution is 2.09. The summed E-state index contributed by atoms with van der Waals surface area (Å²) in [6.45, 7) is 4.53. The standard InChI is InChI=1S/C20H23N5O/c1-3-24(2)15-17-7-4-6-16(12-17)13-22-20(26)18-8-9-19(21-14-18)25-11-5-10-23-25/h4-12,14H,3,13,15H2,1-2H3,(H,22,26). The molecule has 134 valence electrons. The van der Waals surface area contributed by atoms with Crippen LogP contribution in [-0.4, -0.2) is 39.2 Å². The van der Waals surface area contributed by atoms with Gasteiger partial charge in [0, 0.05) is 31.7 Å². The van der Waals surface area contributed by atoms with E-state index in [9.17, 15) is 4.79 Å². The minimum atomic E-state index is -0.138. The van der Waals surface area contributed by atoms with Gasteiger partial charge in [0.2, 0.25) is 0 Å². The fourth-order valence-electron chi connectivity index (χ4n) is 2.61. The zero-order chi connectivity index (χ0) is 18.4. The Morgan fingerprint density at radius 1 is 1.19 bits per heavy atom. The van der Waals surface area contributed by atoms with Crippen molar-refractivity contribution >= 4 is 5.91 Å². The lowest BCUT2D eigenvalue weighted by Gasteiger charge is -2.14. The van der Waals surface area contributed by atoms with Crippen LogP contribution in [0.25, 0.3) is 5.82 Å². The van der Waals surface area contributed by atoms with E-state index < -0.39 is 0 Å². The molecule has 0 radical (unpaired) electrons. The zero-order valence-corrected chi connectivity index (χ0v) is 15.1. The van der Waals surface area contributed by atoms with Gasteiger partial charge in [-0.25, -0.2) is 9.67 Å². The molecule has 3 aromatic rings. The minimum Gasteiger partial charge on any atom is -0.348 e. The maximum Gasteiger partial charge on any atom is 0.253 e. The molecule has 0 aliphatic rings. The van der Waals surface area contributed by atoms with Crippen molar-refractivity contribution in [2.75, 3.05) is 13.6 Å². The first-order valence-corrected chi connectivity index (χ1v) is 8.66. The number of nitrogens with one attached hydrogen (secondary N) is 1. The summed E-state index contributed by atoms with van der Waals surface area (Å²) in [5.74, 6) is 0.542. The van der Waals surface area contributed by atoms with Crippen LogP contribution in [0.3, 0.4) is 0 Å². The van der Waals surface area contributed by atoms with Crippen molar-refractivity contribution in [3.05, 3.63) is 77.7 Å². The van der Waals surface area contributed by atoms with Crippen LogP contribution in [0.4, 0.5) is 0 Å². The molecule has 0 spiro atoms. The van der Waals surface area contributed by atoms with E-state index in [1.807, 2.05) is 24.4 Å². The number of carbonyl (C=O) groups is 1. The highest BCUT2D eigenvalue weighted by molar-refractivity contribution is 5.93. The van der Waals surface area contributed by atoms with Crippen LogP contribution in [-0.2, 0) is 13.1 Å². The highest BCUT2D eigenvalue weighted by atomic mass is 16.1. The first-order chi connectivity index (χ1) is 12.7. The molecule has 0 aliphatic carbocycles. The largest absolute Gasteiger partial charge is 0.348 e. The van der Waals surface area contributed by atoms with Crippen molar-refractivity contribution in [2.24, 2.45) is 0 Å². The second-order valence-electron chi connectivity index (χ2n) is 6.19. The maximum absolute atomic E-state index is 12.3. The Balaban J connectivity index is 1.59. The second kappa shape index (κ2) is 8.40. The van der Waals surface area contributed by atoms with E-state index in [4.69, 9.17) is 0 Å². The van der Waals surface area contributed by atoms with Crippen LogP contribution < -0.4 is 5.32 Å². The van der Waals surface area contributed by atoms with Gasteiger partial charge in [0.25, 0.3) is 5.91 Å². The summed E-state index contributed by atoms with van der Waals surface area (Å²) in [5, 5.41) is 7.07. The summed E-state index contributed by atoms with van der Waals surface area (Å²) < 4.78 is 1.65. The second-order valence-corrected chi connectivity index (χ2v) is 6.19. The lowest BCUT2D eigenvalue weighted by atomic mass is 10.1. The Labute approximate surface area is 153 Å². The molecule has 1 aromatic carbocycles. The van der Waals surface area contributed by atoms with Gasteiger partial charge in [-0.3, -0.25) is 4.79 Å². The number of amides is 1. The molecule has 2 aromatic heterocycles. The first-order valence-electron chi connectivity index (χ1n) is 8.66. The van der Waals surface area contributed by atoms with Crippen LogP contribution in [0.1, 0.15) is 28.4 Å². The molecule has 26 heavy (non-hydrogen) atoms. The smallest absolute Gasteiger partial charge is 0.253 e. The molecule has 0 aliphatic heterocycles. The Kier molecular flexibility index (Phi) is 5.76. The quantitative estimate of drug-likeness (QED) is 0.712. The van der Waals surface area contributed by atoms with Gasteiger partial charge in [-0.05, 0) is 42.9 Å². The summed E-state index contributed by atoms with van der Waals surface area (Å²) in [5.41, 5.74) is 2.86. The van der Waals surface area contributed by atoms with Gasteiger partial charge in [-0.1, -0.05) is 31.2 Å². The third kappa shape index (κ3) is 4.55. The third-order valence-corrected chi connectivity index (χ3v) is 4.19. The number of hydrogen-bond donors (Lipinski definition) is 1. The molecule has 0 saturated heterocycles. The average Bonchev–Trinajstić information content (AvgIpc) is 3.21. The van der Waals surface area contributed by atoms with E-state index in [1.54, 1.807) is 29.2 Å². The zero-order valence-electron chi connectivity index (χ0n) is 15.1. The highest BCUT2D eigenvalue weighted by Gasteiger charge is 2.07. The van der Waals surface area contributed by atoms with E-state index in [0.717, 1.165) is 18.7 Å². The Morgan fingerprint density at radius 3 is 2.73 bits per heavy atom. The van der Waals surface area contributed by atoms with Gasteiger partial charge in [-0.2, -0.15) is 5.10 Å². The number of carbonyl (C=O) groups excluding carboxylic acids is 1. The van der Waals surface area contributed by atoms with Crippen molar-refractivity contribution in [3.63, 3.8) is 0 Å². The molecule has 6 heteroatoms. The number of nitrogens with zero attached hydrogens (tertiary/aromatic N) is 4. The van der Waals surface area contributed by atoms with Crippen LogP contribution in [0, 0.1) is 0 Å². The van der Waals surface area contributed by atoms with Crippen molar-refractivity contribution in [1.29, 1.82) is 0 Å². The Hall–Kier alpha value is -2.99. The average molecular weight is 349 g/mol. The maximum atomic E-state index is 12.3. The molecule has 1 amide bonds. The van der Waals surface area contributed by atoms with E-state index in [2.05, 4.69) is 46.4 Å². The Bertz CT molecular complexity index is 843. The number of hydrogen-bond acceptors (Lipinski definition) is 4. The predicted octanol–water partition coefficient (Wildman–Crippen LogP) is 2.65. The van der Waals surface area contributed by atoms with Crippen molar-refractivity contribution in [1.82, 2.24) is 25.0 Å². The molecule has 0 saturated carbocycles. The van der Waals surface area contributed by atoms with Gasteiger partial charge in [0.15, 0.2) is 5.82 Å². The lowest BCUT2D eigenvalue weighted by Crippen LogP contribution is -2.23. The number of benzene rings is 1. The van der Waals surface area contributed by atoms with Gasteiger partial charge in [0.05, 0.1) is 5.56 Å². The monoisotopic (exact) mass is 349 g/mol. The molecule has 0 bridgehead atoms. The summed E-state index contributed by atoms with van der Waals surface area (Å²) in [4.78, 5) is 18.9. The molecular weight excluding hydrogens is 326 g/mol. The van der Waals surface area contributed by atoms with Gasteiger partial charge >= 0.3 is 0 Å². The molecule has 6 nitrogen and oxygen atoms in total. The van der Waals surface area contributed by atoms with Crippen LogP contribution in [0.5, 0.6) is 0 Å². The molecule has 1 N–H and O–H groups in total.